The summed E-state index contributed by atoms with van der Waals surface area (Å²) in [6.07, 6.45) is -0.104. The van der Waals surface area contributed by atoms with E-state index < -0.39 is 22.3 Å². The maximum absolute atomic E-state index is 11.5. The molecule has 0 heterocycles. The number of nitro benzene ring substituents is 1. The molecule has 0 aliphatic heterocycles. The summed E-state index contributed by atoms with van der Waals surface area (Å²) in [6, 6.07) is 5.36. The van der Waals surface area contributed by atoms with E-state index in [1.165, 1.54) is 31.2 Å². The second kappa shape index (κ2) is 5.47. The average molecular weight is 267 g/mol. The molecule has 1 rings (SSSR count). The van der Waals surface area contributed by atoms with Crippen LogP contribution in [0.25, 0.3) is 0 Å². The zero-order chi connectivity index (χ0) is 14.6. The zero-order valence-corrected chi connectivity index (χ0v) is 10.5. The van der Waals surface area contributed by atoms with E-state index in [1.807, 2.05) is 0 Å². The second-order valence-corrected chi connectivity index (χ2v) is 4.23. The lowest BCUT2D eigenvalue weighted by Crippen LogP contribution is -2.39. The molecule has 1 atom stereocenters. The largest absolute Gasteiger partial charge is 0.480 e. The number of carboxylic acids is 1. The molecular formula is C12H13NO6. The summed E-state index contributed by atoms with van der Waals surface area (Å²) in [5.41, 5.74) is -1.31. The van der Waals surface area contributed by atoms with Gasteiger partial charge in [0.25, 0.3) is 5.69 Å². The predicted molar refractivity (Wildman–Crippen MR) is 64.6 cm³/mol. The summed E-state index contributed by atoms with van der Waals surface area (Å²) >= 11 is 0. The van der Waals surface area contributed by atoms with Crippen molar-refractivity contribution in [3.63, 3.8) is 0 Å². The Morgan fingerprint density at radius 1 is 1.37 bits per heavy atom. The van der Waals surface area contributed by atoms with Gasteiger partial charge >= 0.3 is 11.9 Å². The van der Waals surface area contributed by atoms with Gasteiger partial charge in [0.1, 0.15) is 0 Å². The van der Waals surface area contributed by atoms with E-state index in [9.17, 15) is 19.7 Å². The minimum absolute atomic E-state index is 0.0983. The molecule has 1 unspecified atom stereocenters. The number of methoxy groups -OCH3 is 1. The van der Waals surface area contributed by atoms with Crippen molar-refractivity contribution >= 4 is 17.6 Å². The Hall–Kier alpha value is -2.44. The molecule has 19 heavy (non-hydrogen) atoms. The van der Waals surface area contributed by atoms with Gasteiger partial charge in [0, 0.05) is 12.1 Å². The van der Waals surface area contributed by atoms with Gasteiger partial charge in [0.2, 0.25) is 0 Å². The fraction of sp³-hybridized carbons (Fsp3) is 0.333. The van der Waals surface area contributed by atoms with Crippen LogP contribution in [0.2, 0.25) is 0 Å². The Morgan fingerprint density at radius 2 is 1.89 bits per heavy atom. The summed E-state index contributed by atoms with van der Waals surface area (Å²) in [6.45, 7) is 1.25. The number of hydrogen-bond donors (Lipinski definition) is 1. The molecule has 0 bridgehead atoms. The van der Waals surface area contributed by atoms with E-state index in [2.05, 4.69) is 4.74 Å². The number of non-ortho nitro benzene ring substituents is 1. The van der Waals surface area contributed by atoms with Crippen LogP contribution in [0.3, 0.4) is 0 Å². The number of ether oxygens (including phenoxy) is 1. The Labute approximate surface area is 109 Å². The van der Waals surface area contributed by atoms with Gasteiger partial charge in [-0.2, -0.15) is 0 Å². The van der Waals surface area contributed by atoms with Crippen LogP contribution in [0.4, 0.5) is 5.69 Å². The monoisotopic (exact) mass is 267 g/mol. The summed E-state index contributed by atoms with van der Waals surface area (Å²) in [4.78, 5) is 32.7. The van der Waals surface area contributed by atoms with Crippen molar-refractivity contribution in [1.29, 1.82) is 0 Å². The molecular weight excluding hydrogens is 254 g/mol. The molecule has 0 aliphatic carbocycles. The molecule has 0 saturated carbocycles. The van der Waals surface area contributed by atoms with E-state index in [-0.39, 0.29) is 12.1 Å². The summed E-state index contributed by atoms with van der Waals surface area (Å²) in [7, 11) is 1.11. The third-order valence-electron chi connectivity index (χ3n) is 2.81. The fourth-order valence-electron chi connectivity index (χ4n) is 1.60. The van der Waals surface area contributed by atoms with E-state index in [1.54, 1.807) is 0 Å². The number of carbonyl (C=O) groups excluding carboxylic acids is 1. The Balaban J connectivity index is 3.01. The van der Waals surface area contributed by atoms with Crippen molar-refractivity contribution in [2.45, 2.75) is 13.3 Å². The number of nitrogens with zero attached hydrogens (tertiary/aromatic N) is 1. The van der Waals surface area contributed by atoms with Crippen LogP contribution >= 0.6 is 0 Å². The molecule has 7 heteroatoms. The molecule has 0 fully saturated rings. The van der Waals surface area contributed by atoms with Crippen molar-refractivity contribution in [1.82, 2.24) is 0 Å². The molecule has 1 N–H and O–H groups in total. The molecule has 102 valence electrons. The van der Waals surface area contributed by atoms with Gasteiger partial charge in [0.15, 0.2) is 5.41 Å². The maximum Gasteiger partial charge on any atom is 0.323 e. The van der Waals surface area contributed by atoms with Crippen molar-refractivity contribution in [3.8, 4) is 0 Å². The highest BCUT2D eigenvalue weighted by atomic mass is 16.6. The first-order valence-corrected chi connectivity index (χ1v) is 5.36. The van der Waals surface area contributed by atoms with Crippen LogP contribution in [-0.2, 0) is 20.7 Å². The van der Waals surface area contributed by atoms with E-state index >= 15 is 0 Å². The van der Waals surface area contributed by atoms with Gasteiger partial charge in [-0.25, -0.2) is 0 Å². The first-order valence-electron chi connectivity index (χ1n) is 5.36. The number of aliphatic carboxylic acids is 1. The molecule has 0 aliphatic rings. The van der Waals surface area contributed by atoms with Gasteiger partial charge in [0.05, 0.1) is 12.0 Å². The van der Waals surface area contributed by atoms with Crippen molar-refractivity contribution in [2.75, 3.05) is 7.11 Å². The number of esters is 1. The minimum atomic E-state index is -1.72. The summed E-state index contributed by atoms with van der Waals surface area (Å²) in [5.74, 6) is -2.17. The van der Waals surface area contributed by atoms with Crippen molar-refractivity contribution < 1.29 is 24.4 Å². The predicted octanol–water partition coefficient (Wildman–Crippen LogP) is 1.40. The van der Waals surface area contributed by atoms with Crippen LogP contribution in [0.1, 0.15) is 12.5 Å². The summed E-state index contributed by atoms with van der Waals surface area (Å²) < 4.78 is 4.48. The van der Waals surface area contributed by atoms with Crippen LogP contribution in [0.15, 0.2) is 24.3 Å². The zero-order valence-electron chi connectivity index (χ0n) is 10.5. The number of hydrogen-bond acceptors (Lipinski definition) is 5. The number of carbonyl (C=O) groups is 2. The highest BCUT2D eigenvalue weighted by Crippen LogP contribution is 2.25. The summed E-state index contributed by atoms with van der Waals surface area (Å²) in [5, 5.41) is 19.6. The highest BCUT2D eigenvalue weighted by Gasteiger charge is 2.42. The smallest absolute Gasteiger partial charge is 0.323 e. The Bertz CT molecular complexity index is 509. The first kappa shape index (κ1) is 14.6. The third-order valence-corrected chi connectivity index (χ3v) is 2.81. The molecule has 7 nitrogen and oxygen atoms in total. The molecule has 0 aromatic heterocycles. The quantitative estimate of drug-likeness (QED) is 0.374. The van der Waals surface area contributed by atoms with Crippen LogP contribution < -0.4 is 0 Å². The highest BCUT2D eigenvalue weighted by molar-refractivity contribution is 5.98. The first-order chi connectivity index (χ1) is 8.81. The molecule has 0 saturated heterocycles. The van der Waals surface area contributed by atoms with Gasteiger partial charge in [-0.1, -0.05) is 12.1 Å². The van der Waals surface area contributed by atoms with E-state index in [0.29, 0.717) is 5.56 Å². The number of rotatable bonds is 5. The maximum atomic E-state index is 11.5. The van der Waals surface area contributed by atoms with E-state index in [4.69, 9.17) is 5.11 Å². The van der Waals surface area contributed by atoms with Crippen LogP contribution in [0.5, 0.6) is 0 Å². The SMILES string of the molecule is COC(=O)C(C)(Cc1ccc([N+](=O)[O-])cc1)C(=O)O. The van der Waals surface area contributed by atoms with Gasteiger partial charge < -0.3 is 9.84 Å². The lowest BCUT2D eigenvalue weighted by Gasteiger charge is -2.21. The molecule has 0 amide bonds. The van der Waals surface area contributed by atoms with Gasteiger partial charge in [-0.3, -0.25) is 19.7 Å². The topological polar surface area (TPSA) is 107 Å². The Morgan fingerprint density at radius 3 is 2.26 bits per heavy atom. The minimum Gasteiger partial charge on any atom is -0.480 e. The lowest BCUT2D eigenvalue weighted by molar-refractivity contribution is -0.384. The number of carboxylic acid groups (broad SMARTS) is 1. The lowest BCUT2D eigenvalue weighted by atomic mass is 9.83. The van der Waals surface area contributed by atoms with Crippen molar-refractivity contribution in [3.05, 3.63) is 39.9 Å². The second-order valence-electron chi connectivity index (χ2n) is 4.23. The average Bonchev–Trinajstić information content (AvgIpc) is 2.37. The normalized spacial score (nSPS) is 13.4. The van der Waals surface area contributed by atoms with Crippen molar-refractivity contribution in [2.24, 2.45) is 5.41 Å². The van der Waals surface area contributed by atoms with Gasteiger partial charge in [-0.15, -0.1) is 0 Å². The molecule has 1 aromatic rings. The van der Waals surface area contributed by atoms with E-state index in [0.717, 1.165) is 7.11 Å². The molecule has 0 radical (unpaired) electrons. The Kier molecular flexibility index (Phi) is 4.21. The number of benzene rings is 1. The fourth-order valence-corrected chi connectivity index (χ4v) is 1.60. The third kappa shape index (κ3) is 3.06. The standard InChI is InChI=1S/C12H13NO6/c1-12(10(14)15,11(16)19-2)7-8-3-5-9(6-4-8)13(17)18/h3-6H,7H2,1-2H3,(H,14,15). The molecule has 0 spiro atoms. The van der Waals surface area contributed by atoms with Crippen LogP contribution in [-0.4, -0.2) is 29.1 Å². The van der Waals surface area contributed by atoms with Gasteiger partial charge in [-0.05, 0) is 18.9 Å². The number of nitro groups is 1. The van der Waals surface area contributed by atoms with Crippen LogP contribution in [0, 0.1) is 15.5 Å². The molecule has 1 aromatic carbocycles.